The Kier molecular flexibility index (Phi) is 5.18. The van der Waals surface area contributed by atoms with Crippen molar-refractivity contribution in [1.82, 2.24) is 0 Å². The molecule has 4 heteroatoms. The molecule has 4 aromatic carbocycles. The van der Waals surface area contributed by atoms with Crippen molar-refractivity contribution in [2.45, 2.75) is 63.2 Å². The van der Waals surface area contributed by atoms with Crippen molar-refractivity contribution in [3.05, 3.63) is 118 Å². The summed E-state index contributed by atoms with van der Waals surface area (Å²) in [6.45, 7) is 11.2. The van der Waals surface area contributed by atoms with Crippen LogP contribution in [0.15, 0.2) is 78.9 Å². The Morgan fingerprint density at radius 3 is 1.63 bits per heavy atom. The van der Waals surface area contributed by atoms with Gasteiger partial charge in [-0.05, 0) is 78.4 Å². The second-order valence-corrected chi connectivity index (χ2v) is 13.0. The normalized spacial score (nSPS) is 16.6. The van der Waals surface area contributed by atoms with Crippen LogP contribution in [-0.4, -0.2) is 0 Å². The van der Waals surface area contributed by atoms with E-state index in [2.05, 4.69) is 95.3 Å². The van der Waals surface area contributed by atoms with Gasteiger partial charge in [-0.3, -0.25) is 0 Å². The highest BCUT2D eigenvalue weighted by molar-refractivity contribution is 5.82. The third-order valence-corrected chi connectivity index (χ3v) is 8.71. The first-order valence-electron chi connectivity index (χ1n) is 13.4. The first kappa shape index (κ1) is 25.0. The molecule has 0 heterocycles. The molecule has 4 aromatic rings. The number of hydrogen-bond acceptors (Lipinski definition) is 4. The Bertz CT molecular complexity index is 1600. The summed E-state index contributed by atoms with van der Waals surface area (Å²) < 4.78 is 0. The molecule has 0 unspecified atom stereocenters. The highest BCUT2D eigenvalue weighted by Gasteiger charge is 2.40. The smallest absolute Gasteiger partial charge is 0.118 e. The molecule has 0 aliphatic heterocycles. The molecule has 0 saturated heterocycles. The summed E-state index contributed by atoms with van der Waals surface area (Å²) in [5, 5.41) is 0. The summed E-state index contributed by atoms with van der Waals surface area (Å²) in [7, 11) is 0. The summed E-state index contributed by atoms with van der Waals surface area (Å²) in [5.74, 6) is 0. The molecule has 0 atom stereocenters. The lowest BCUT2D eigenvalue weighted by atomic mass is 9.77. The molecule has 0 saturated carbocycles. The van der Waals surface area contributed by atoms with Gasteiger partial charge < -0.3 is 22.9 Å². The standard InChI is InChI=1S/C34H38N4/c1-31(2,3)21-11-14-25-26-15-12-22(18-30(26)34(37,38)29(25)17-21)32(4,5)19-20-10-13-24-23-8-6-7-9-27(23)33(35,36)28(24)16-20/h6-18H,19,35-38H2,1-5H3. The maximum atomic E-state index is 6.86. The molecule has 0 aromatic heterocycles. The lowest BCUT2D eigenvalue weighted by molar-refractivity contribution is 0.515. The van der Waals surface area contributed by atoms with E-state index in [9.17, 15) is 0 Å². The van der Waals surface area contributed by atoms with Crippen LogP contribution in [0, 0.1) is 0 Å². The third-order valence-electron chi connectivity index (χ3n) is 8.71. The molecule has 6 rings (SSSR count). The number of benzene rings is 4. The summed E-state index contributed by atoms with van der Waals surface area (Å²) >= 11 is 0. The molecule has 0 fully saturated rings. The van der Waals surface area contributed by atoms with E-state index in [1.165, 1.54) is 16.7 Å². The predicted octanol–water partition coefficient (Wildman–Crippen LogP) is 5.70. The Morgan fingerprint density at radius 1 is 0.526 bits per heavy atom. The van der Waals surface area contributed by atoms with E-state index < -0.39 is 11.3 Å². The SMILES string of the molecule is CC(C)(C)c1ccc2c(c1)C(N)(N)c1cc(C(C)(C)Cc3ccc4c(c3)C(N)(N)c3ccccc3-4)ccc1-2. The van der Waals surface area contributed by atoms with E-state index >= 15 is 0 Å². The van der Waals surface area contributed by atoms with Crippen LogP contribution in [0.25, 0.3) is 22.3 Å². The van der Waals surface area contributed by atoms with Crippen molar-refractivity contribution in [2.24, 2.45) is 22.9 Å². The van der Waals surface area contributed by atoms with Gasteiger partial charge in [0.05, 0.1) is 0 Å². The fraction of sp³-hybridized carbons (Fsp3) is 0.294. The van der Waals surface area contributed by atoms with Gasteiger partial charge in [0.2, 0.25) is 0 Å². The lowest BCUT2D eigenvalue weighted by Gasteiger charge is -2.29. The van der Waals surface area contributed by atoms with Crippen LogP contribution in [0.3, 0.4) is 0 Å². The molecule has 2 aliphatic carbocycles. The minimum absolute atomic E-state index is 0.0227. The molecule has 0 radical (unpaired) electrons. The molecule has 0 bridgehead atoms. The maximum Gasteiger partial charge on any atom is 0.118 e. The molecule has 0 spiro atoms. The Labute approximate surface area is 226 Å². The third kappa shape index (κ3) is 3.59. The van der Waals surface area contributed by atoms with Gasteiger partial charge in [0.25, 0.3) is 0 Å². The monoisotopic (exact) mass is 502 g/mol. The highest BCUT2D eigenvalue weighted by atomic mass is 15.0. The van der Waals surface area contributed by atoms with Crippen molar-refractivity contribution in [1.29, 1.82) is 0 Å². The second-order valence-electron chi connectivity index (χ2n) is 13.0. The van der Waals surface area contributed by atoms with Crippen LogP contribution < -0.4 is 22.9 Å². The van der Waals surface area contributed by atoms with Crippen LogP contribution in [0.2, 0.25) is 0 Å². The van der Waals surface area contributed by atoms with Crippen molar-refractivity contribution >= 4 is 0 Å². The van der Waals surface area contributed by atoms with Gasteiger partial charge in [0.1, 0.15) is 11.3 Å². The number of nitrogens with two attached hydrogens (primary N) is 4. The number of rotatable bonds is 3. The molecule has 0 amide bonds. The van der Waals surface area contributed by atoms with Gasteiger partial charge in [0, 0.05) is 0 Å². The van der Waals surface area contributed by atoms with Crippen LogP contribution >= 0.6 is 0 Å². The van der Waals surface area contributed by atoms with Gasteiger partial charge in [-0.1, -0.05) is 113 Å². The average Bonchev–Trinajstić information content (AvgIpc) is 3.22. The fourth-order valence-electron chi connectivity index (χ4n) is 6.39. The van der Waals surface area contributed by atoms with Gasteiger partial charge in [0.15, 0.2) is 0 Å². The quantitative estimate of drug-likeness (QED) is 0.270. The van der Waals surface area contributed by atoms with E-state index in [4.69, 9.17) is 22.9 Å². The molecule has 4 nitrogen and oxygen atoms in total. The lowest BCUT2D eigenvalue weighted by Crippen LogP contribution is -2.45. The molecular formula is C34H38N4. The van der Waals surface area contributed by atoms with Crippen molar-refractivity contribution < 1.29 is 0 Å². The Morgan fingerprint density at radius 2 is 1.00 bits per heavy atom. The Hall–Kier alpha value is -3.28. The van der Waals surface area contributed by atoms with Crippen LogP contribution in [0.4, 0.5) is 0 Å². The van der Waals surface area contributed by atoms with Gasteiger partial charge in [-0.15, -0.1) is 0 Å². The largest absolute Gasteiger partial charge is 0.306 e. The zero-order valence-electron chi connectivity index (χ0n) is 23.0. The topological polar surface area (TPSA) is 104 Å². The summed E-state index contributed by atoms with van der Waals surface area (Å²) in [6, 6.07) is 27.9. The first-order chi connectivity index (χ1) is 17.7. The van der Waals surface area contributed by atoms with E-state index in [0.29, 0.717) is 0 Å². The summed E-state index contributed by atoms with van der Waals surface area (Å²) in [4.78, 5) is 0. The average molecular weight is 503 g/mol. The fourth-order valence-corrected chi connectivity index (χ4v) is 6.39. The van der Waals surface area contributed by atoms with E-state index in [-0.39, 0.29) is 10.8 Å². The summed E-state index contributed by atoms with van der Waals surface area (Å²) in [6.07, 6.45) is 0.828. The zero-order valence-corrected chi connectivity index (χ0v) is 23.0. The first-order valence-corrected chi connectivity index (χ1v) is 13.4. The van der Waals surface area contributed by atoms with Crippen LogP contribution in [0.1, 0.15) is 73.6 Å². The van der Waals surface area contributed by atoms with E-state index in [0.717, 1.165) is 50.9 Å². The van der Waals surface area contributed by atoms with Crippen molar-refractivity contribution in [3.63, 3.8) is 0 Å². The minimum atomic E-state index is -1.03. The molecular weight excluding hydrogens is 464 g/mol. The Balaban J connectivity index is 1.35. The summed E-state index contributed by atoms with van der Waals surface area (Å²) in [5.41, 5.74) is 36.9. The van der Waals surface area contributed by atoms with E-state index in [1.54, 1.807) is 0 Å². The molecule has 38 heavy (non-hydrogen) atoms. The number of hydrogen-bond donors (Lipinski definition) is 4. The van der Waals surface area contributed by atoms with E-state index in [1.807, 2.05) is 18.2 Å². The van der Waals surface area contributed by atoms with Crippen LogP contribution in [-0.2, 0) is 28.6 Å². The highest BCUT2D eigenvalue weighted by Crippen LogP contribution is 2.47. The van der Waals surface area contributed by atoms with Gasteiger partial charge >= 0.3 is 0 Å². The van der Waals surface area contributed by atoms with Gasteiger partial charge in [-0.25, -0.2) is 0 Å². The molecule has 2 aliphatic rings. The molecule has 194 valence electrons. The van der Waals surface area contributed by atoms with Gasteiger partial charge in [-0.2, -0.15) is 0 Å². The number of fused-ring (bicyclic) bond motifs is 6. The maximum absolute atomic E-state index is 6.86. The molecule has 8 N–H and O–H groups in total. The van der Waals surface area contributed by atoms with Crippen molar-refractivity contribution in [2.75, 3.05) is 0 Å². The van der Waals surface area contributed by atoms with Crippen molar-refractivity contribution in [3.8, 4) is 22.3 Å². The second kappa shape index (κ2) is 7.87. The minimum Gasteiger partial charge on any atom is -0.306 e. The zero-order chi connectivity index (χ0) is 27.3. The van der Waals surface area contributed by atoms with Crippen LogP contribution in [0.5, 0.6) is 0 Å². The predicted molar refractivity (Wildman–Crippen MR) is 157 cm³/mol.